The quantitative estimate of drug-likeness (QED) is 0.554. The number of rotatable bonds is 6. The molecule has 24 heavy (non-hydrogen) atoms. The van der Waals surface area contributed by atoms with Gasteiger partial charge in [-0.25, -0.2) is 4.79 Å². The van der Waals surface area contributed by atoms with Crippen LogP contribution < -0.4 is 10.6 Å². The third-order valence-electron chi connectivity index (χ3n) is 3.49. The second kappa shape index (κ2) is 7.60. The van der Waals surface area contributed by atoms with E-state index in [1.54, 1.807) is 38.1 Å². The van der Waals surface area contributed by atoms with E-state index >= 15 is 0 Å². The van der Waals surface area contributed by atoms with Crippen LogP contribution in [0.4, 0.5) is 16.2 Å². The normalized spacial score (nSPS) is 13.1. The molecule has 0 aliphatic carbocycles. The van der Waals surface area contributed by atoms with E-state index in [0.717, 1.165) is 0 Å². The first-order chi connectivity index (χ1) is 11.4. The molecule has 8 heteroatoms. The molecule has 0 bridgehead atoms. The molecule has 0 radical (unpaired) electrons. The number of anilines is 1. The summed E-state index contributed by atoms with van der Waals surface area (Å²) in [6, 6.07) is 6.95. The zero-order valence-corrected chi connectivity index (χ0v) is 13.4. The molecule has 0 aliphatic rings. The van der Waals surface area contributed by atoms with Crippen LogP contribution in [0.15, 0.2) is 41.0 Å². The van der Waals surface area contributed by atoms with Crippen molar-refractivity contribution in [1.29, 1.82) is 0 Å². The lowest BCUT2D eigenvalue weighted by Gasteiger charge is -2.17. The molecule has 0 aliphatic heterocycles. The number of aliphatic hydroxyl groups excluding tert-OH is 1. The van der Waals surface area contributed by atoms with Gasteiger partial charge in [-0.1, -0.05) is 6.07 Å². The fraction of sp³-hybridized carbons (Fsp3) is 0.312. The third-order valence-corrected chi connectivity index (χ3v) is 3.49. The van der Waals surface area contributed by atoms with Crippen molar-refractivity contribution in [2.45, 2.75) is 32.4 Å². The Kier molecular flexibility index (Phi) is 5.54. The summed E-state index contributed by atoms with van der Waals surface area (Å²) in [4.78, 5) is 22.4. The average Bonchev–Trinajstić information content (AvgIpc) is 3.03. The van der Waals surface area contributed by atoms with Crippen LogP contribution in [0.2, 0.25) is 0 Å². The van der Waals surface area contributed by atoms with Gasteiger partial charge in [0.15, 0.2) is 0 Å². The Hall–Kier alpha value is -2.87. The van der Waals surface area contributed by atoms with Crippen LogP contribution in [-0.4, -0.2) is 22.1 Å². The number of nitro groups is 1. The van der Waals surface area contributed by atoms with Gasteiger partial charge in [0.25, 0.3) is 5.69 Å². The minimum Gasteiger partial charge on any atom is -0.467 e. The minimum absolute atomic E-state index is 0.0610. The molecule has 2 rings (SSSR count). The fourth-order valence-electron chi connectivity index (χ4n) is 2.27. The van der Waals surface area contributed by atoms with E-state index < -0.39 is 17.1 Å². The highest BCUT2D eigenvalue weighted by molar-refractivity contribution is 5.89. The first kappa shape index (κ1) is 17.5. The predicted molar refractivity (Wildman–Crippen MR) is 87.7 cm³/mol. The summed E-state index contributed by atoms with van der Waals surface area (Å²) in [6.45, 7) is 3.36. The molecule has 1 aromatic heterocycles. The van der Waals surface area contributed by atoms with Crippen molar-refractivity contribution in [2.75, 3.05) is 5.32 Å². The van der Waals surface area contributed by atoms with Crippen LogP contribution in [0.5, 0.6) is 0 Å². The number of benzene rings is 1. The molecule has 2 unspecified atom stereocenters. The standard InChI is InChI=1S/C16H19N3O5/c1-10-5-6-12(9-13(10)19(22)23)18-16(21)17-11(2)8-14(20)15-4-3-7-24-15/h3-7,9,11,14,20H,8H2,1-2H3,(H2,17,18,21). The maximum absolute atomic E-state index is 12.0. The Morgan fingerprint density at radius 3 is 2.79 bits per heavy atom. The van der Waals surface area contributed by atoms with Crippen molar-refractivity contribution in [3.8, 4) is 0 Å². The number of nitrogens with one attached hydrogen (secondary N) is 2. The Morgan fingerprint density at radius 2 is 2.17 bits per heavy atom. The van der Waals surface area contributed by atoms with Gasteiger partial charge in [0, 0.05) is 29.8 Å². The number of aryl methyl sites for hydroxylation is 1. The lowest BCUT2D eigenvalue weighted by atomic mass is 10.1. The van der Waals surface area contributed by atoms with Crippen molar-refractivity contribution >= 4 is 17.4 Å². The van der Waals surface area contributed by atoms with Crippen molar-refractivity contribution < 1.29 is 19.2 Å². The van der Waals surface area contributed by atoms with Crippen molar-refractivity contribution in [1.82, 2.24) is 5.32 Å². The van der Waals surface area contributed by atoms with E-state index in [1.165, 1.54) is 12.3 Å². The van der Waals surface area contributed by atoms with Gasteiger partial charge in [-0.15, -0.1) is 0 Å². The number of urea groups is 1. The summed E-state index contributed by atoms with van der Waals surface area (Å²) in [6.07, 6.45) is 0.915. The van der Waals surface area contributed by atoms with Gasteiger partial charge in [-0.05, 0) is 32.0 Å². The van der Waals surface area contributed by atoms with Gasteiger partial charge in [0.05, 0.1) is 11.2 Å². The van der Waals surface area contributed by atoms with E-state index in [4.69, 9.17) is 4.42 Å². The maximum Gasteiger partial charge on any atom is 0.319 e. The molecule has 1 heterocycles. The number of nitro benzene ring substituents is 1. The summed E-state index contributed by atoms with van der Waals surface area (Å²) >= 11 is 0. The molecule has 0 fully saturated rings. The van der Waals surface area contributed by atoms with E-state index in [0.29, 0.717) is 17.0 Å². The summed E-state index contributed by atoms with van der Waals surface area (Å²) in [5.41, 5.74) is 0.776. The molecule has 8 nitrogen and oxygen atoms in total. The maximum atomic E-state index is 12.0. The number of carbonyl (C=O) groups is 1. The van der Waals surface area contributed by atoms with Crippen molar-refractivity contribution in [2.24, 2.45) is 0 Å². The lowest BCUT2D eigenvalue weighted by Crippen LogP contribution is -2.37. The summed E-state index contributed by atoms with van der Waals surface area (Å²) in [5, 5.41) is 26.1. The summed E-state index contributed by atoms with van der Waals surface area (Å²) in [5.74, 6) is 0.429. The van der Waals surface area contributed by atoms with E-state index in [9.17, 15) is 20.0 Å². The third kappa shape index (κ3) is 4.56. The molecule has 0 saturated carbocycles. The Bertz CT molecular complexity index is 715. The van der Waals surface area contributed by atoms with Gasteiger partial charge in [-0.3, -0.25) is 10.1 Å². The molecule has 0 saturated heterocycles. The van der Waals surface area contributed by atoms with Crippen LogP contribution in [0, 0.1) is 17.0 Å². The smallest absolute Gasteiger partial charge is 0.319 e. The fourth-order valence-corrected chi connectivity index (χ4v) is 2.27. The minimum atomic E-state index is -0.823. The number of amides is 2. The average molecular weight is 333 g/mol. The summed E-state index contributed by atoms with van der Waals surface area (Å²) < 4.78 is 5.10. The highest BCUT2D eigenvalue weighted by Crippen LogP contribution is 2.22. The molecular weight excluding hydrogens is 314 g/mol. The van der Waals surface area contributed by atoms with Crippen LogP contribution in [0.25, 0.3) is 0 Å². The molecule has 2 atom stereocenters. The predicted octanol–water partition coefficient (Wildman–Crippen LogP) is 3.13. The number of nitrogens with zero attached hydrogens (tertiary/aromatic N) is 1. The Balaban J connectivity index is 1.91. The lowest BCUT2D eigenvalue weighted by molar-refractivity contribution is -0.385. The largest absolute Gasteiger partial charge is 0.467 e. The zero-order valence-electron chi connectivity index (χ0n) is 13.4. The number of carbonyl (C=O) groups excluding carboxylic acids is 1. The summed E-state index contributed by atoms with van der Waals surface area (Å²) in [7, 11) is 0. The van der Waals surface area contributed by atoms with Crippen LogP contribution in [-0.2, 0) is 0 Å². The topological polar surface area (TPSA) is 118 Å². The molecular formula is C16H19N3O5. The Labute approximate surface area is 138 Å². The van der Waals surface area contributed by atoms with E-state index in [2.05, 4.69) is 10.6 Å². The highest BCUT2D eigenvalue weighted by atomic mass is 16.6. The highest BCUT2D eigenvalue weighted by Gasteiger charge is 2.17. The number of hydrogen-bond acceptors (Lipinski definition) is 5. The molecule has 128 valence electrons. The Morgan fingerprint density at radius 1 is 1.42 bits per heavy atom. The van der Waals surface area contributed by atoms with Crippen LogP contribution in [0.3, 0.4) is 0 Å². The van der Waals surface area contributed by atoms with Gasteiger partial charge >= 0.3 is 6.03 Å². The number of furan rings is 1. The van der Waals surface area contributed by atoms with Crippen LogP contribution >= 0.6 is 0 Å². The van der Waals surface area contributed by atoms with Crippen LogP contribution in [0.1, 0.15) is 30.8 Å². The van der Waals surface area contributed by atoms with Gasteiger partial charge in [0.2, 0.25) is 0 Å². The molecule has 2 amide bonds. The number of hydrogen-bond donors (Lipinski definition) is 3. The van der Waals surface area contributed by atoms with E-state index in [1.807, 2.05) is 0 Å². The monoisotopic (exact) mass is 333 g/mol. The second-order valence-corrected chi connectivity index (χ2v) is 5.52. The van der Waals surface area contributed by atoms with Crippen molar-refractivity contribution in [3.05, 3.63) is 58.0 Å². The molecule has 3 N–H and O–H groups in total. The van der Waals surface area contributed by atoms with Gasteiger partial charge in [0.1, 0.15) is 11.9 Å². The molecule has 1 aromatic carbocycles. The number of aliphatic hydroxyl groups is 1. The second-order valence-electron chi connectivity index (χ2n) is 5.52. The SMILES string of the molecule is Cc1ccc(NC(=O)NC(C)CC(O)c2ccco2)cc1[N+](=O)[O-]. The first-order valence-corrected chi connectivity index (χ1v) is 7.41. The van der Waals surface area contributed by atoms with Crippen molar-refractivity contribution in [3.63, 3.8) is 0 Å². The molecule has 0 spiro atoms. The molecule has 2 aromatic rings. The van der Waals surface area contributed by atoms with E-state index in [-0.39, 0.29) is 18.2 Å². The van der Waals surface area contributed by atoms with Gasteiger partial charge < -0.3 is 20.2 Å². The zero-order chi connectivity index (χ0) is 17.7. The van der Waals surface area contributed by atoms with Gasteiger partial charge in [-0.2, -0.15) is 0 Å². The first-order valence-electron chi connectivity index (χ1n) is 7.41.